The van der Waals surface area contributed by atoms with Crippen LogP contribution in [0.3, 0.4) is 0 Å². The Morgan fingerprint density at radius 2 is 1.70 bits per heavy atom. The van der Waals surface area contributed by atoms with E-state index in [9.17, 15) is 8.42 Å². The van der Waals surface area contributed by atoms with Gasteiger partial charge in [0.2, 0.25) is 10.0 Å². The summed E-state index contributed by atoms with van der Waals surface area (Å²) in [5, 5.41) is 0.595. The molecule has 2 heterocycles. The lowest BCUT2D eigenvalue weighted by atomic mass is 9.90. The van der Waals surface area contributed by atoms with E-state index in [0.717, 1.165) is 16.7 Å². The molecule has 0 fully saturated rings. The second-order valence-electron chi connectivity index (χ2n) is 6.63. The summed E-state index contributed by atoms with van der Waals surface area (Å²) >= 11 is 5.93. The summed E-state index contributed by atoms with van der Waals surface area (Å²) in [5.74, 6) is -0.0477. The third-order valence-corrected chi connectivity index (χ3v) is 6.94. The van der Waals surface area contributed by atoms with Crippen LogP contribution in [-0.4, -0.2) is 24.3 Å². The number of sulfonamides is 1. The Bertz CT molecular complexity index is 1040. The molecule has 27 heavy (non-hydrogen) atoms. The predicted octanol–water partition coefficient (Wildman–Crippen LogP) is 4.21. The molecule has 0 bridgehead atoms. The number of hydrogen-bond acceptors (Lipinski definition) is 3. The lowest BCUT2D eigenvalue weighted by Crippen LogP contribution is -2.41. The van der Waals surface area contributed by atoms with Gasteiger partial charge in [-0.1, -0.05) is 48.0 Å². The first kappa shape index (κ1) is 18.2. The maximum atomic E-state index is 13.3. The van der Waals surface area contributed by atoms with Crippen LogP contribution >= 0.6 is 11.6 Å². The van der Waals surface area contributed by atoms with Crippen LogP contribution in [0.2, 0.25) is 5.02 Å². The highest BCUT2D eigenvalue weighted by Gasteiger charge is 2.36. The van der Waals surface area contributed by atoms with E-state index >= 15 is 0 Å². The third-order valence-electron chi connectivity index (χ3n) is 4.88. The molecule has 6 heteroatoms. The summed E-state index contributed by atoms with van der Waals surface area (Å²) in [4.78, 5) is 4.08. The van der Waals surface area contributed by atoms with Crippen LogP contribution in [0, 0.1) is 0 Å². The lowest BCUT2D eigenvalue weighted by molar-refractivity contribution is 0.343. The Hall–Kier alpha value is -2.21. The van der Waals surface area contributed by atoms with Crippen LogP contribution < -0.4 is 0 Å². The molecule has 1 atom stereocenters. The van der Waals surface area contributed by atoms with Crippen molar-refractivity contribution < 1.29 is 8.42 Å². The number of benzene rings is 2. The van der Waals surface area contributed by atoms with Crippen molar-refractivity contribution in [3.8, 4) is 0 Å². The first-order valence-corrected chi connectivity index (χ1v) is 10.7. The average molecular weight is 399 g/mol. The van der Waals surface area contributed by atoms with Gasteiger partial charge >= 0.3 is 0 Å². The average Bonchev–Trinajstić information content (AvgIpc) is 2.69. The molecule has 0 amide bonds. The number of rotatable bonds is 4. The van der Waals surface area contributed by atoms with Gasteiger partial charge in [0.05, 0.1) is 11.8 Å². The summed E-state index contributed by atoms with van der Waals surface area (Å²) in [7, 11) is -3.52. The van der Waals surface area contributed by atoms with Gasteiger partial charge in [-0.05, 0) is 52.9 Å². The van der Waals surface area contributed by atoms with Crippen molar-refractivity contribution in [2.45, 2.75) is 18.2 Å². The van der Waals surface area contributed by atoms with Gasteiger partial charge in [0, 0.05) is 24.0 Å². The van der Waals surface area contributed by atoms with Crippen LogP contribution in [0.4, 0.5) is 0 Å². The zero-order valence-electron chi connectivity index (χ0n) is 14.6. The van der Waals surface area contributed by atoms with Crippen molar-refractivity contribution in [1.82, 2.24) is 9.29 Å². The number of hydrogen-bond donors (Lipinski definition) is 0. The molecule has 0 aliphatic carbocycles. The number of nitrogens with zero attached hydrogens (tertiary/aromatic N) is 2. The largest absolute Gasteiger partial charge is 0.265 e. The molecular formula is C21H19ClN2O2S. The van der Waals surface area contributed by atoms with Gasteiger partial charge in [-0.15, -0.1) is 0 Å². The fourth-order valence-electron chi connectivity index (χ4n) is 3.61. The Kier molecular flexibility index (Phi) is 5.00. The number of fused-ring (bicyclic) bond motifs is 1. The van der Waals surface area contributed by atoms with Crippen LogP contribution in [0.15, 0.2) is 73.1 Å². The highest BCUT2D eigenvalue weighted by molar-refractivity contribution is 7.88. The van der Waals surface area contributed by atoms with Gasteiger partial charge in [-0.2, -0.15) is 4.31 Å². The van der Waals surface area contributed by atoms with E-state index in [0.29, 0.717) is 18.0 Å². The Balaban J connectivity index is 1.75. The quantitative estimate of drug-likeness (QED) is 0.661. The van der Waals surface area contributed by atoms with Gasteiger partial charge in [0.25, 0.3) is 0 Å². The molecule has 1 aliphatic rings. The van der Waals surface area contributed by atoms with Crippen molar-refractivity contribution in [3.05, 3.63) is 100 Å². The van der Waals surface area contributed by atoms with Crippen LogP contribution in [0.25, 0.3) is 0 Å². The molecule has 4 rings (SSSR count). The van der Waals surface area contributed by atoms with Crippen molar-refractivity contribution in [2.75, 3.05) is 6.54 Å². The third kappa shape index (κ3) is 3.76. The summed E-state index contributed by atoms with van der Waals surface area (Å²) < 4.78 is 28.2. The van der Waals surface area contributed by atoms with E-state index in [-0.39, 0.29) is 11.8 Å². The monoisotopic (exact) mass is 398 g/mol. The molecule has 0 spiro atoms. The van der Waals surface area contributed by atoms with E-state index in [4.69, 9.17) is 11.6 Å². The van der Waals surface area contributed by atoms with E-state index in [1.807, 2.05) is 30.3 Å². The Morgan fingerprint density at radius 1 is 1.00 bits per heavy atom. The van der Waals surface area contributed by atoms with Gasteiger partial charge in [-0.3, -0.25) is 4.98 Å². The van der Waals surface area contributed by atoms with E-state index in [1.54, 1.807) is 41.0 Å². The molecule has 0 saturated heterocycles. The van der Waals surface area contributed by atoms with Gasteiger partial charge in [0.1, 0.15) is 0 Å². The minimum Gasteiger partial charge on any atom is -0.265 e. The Morgan fingerprint density at radius 3 is 2.44 bits per heavy atom. The van der Waals surface area contributed by atoms with Crippen LogP contribution in [0.1, 0.15) is 28.3 Å². The first-order chi connectivity index (χ1) is 13.0. The molecule has 1 unspecified atom stereocenters. The lowest BCUT2D eigenvalue weighted by Gasteiger charge is -2.36. The normalized spacial score (nSPS) is 17.4. The summed E-state index contributed by atoms with van der Waals surface area (Å²) in [6, 6.07) is 18.5. The first-order valence-electron chi connectivity index (χ1n) is 8.76. The topological polar surface area (TPSA) is 50.3 Å². The fourth-order valence-corrected chi connectivity index (χ4v) is 5.44. The minimum atomic E-state index is -3.52. The second-order valence-corrected chi connectivity index (χ2v) is 8.98. The second kappa shape index (κ2) is 7.43. The number of pyridine rings is 1. The van der Waals surface area contributed by atoms with Gasteiger partial charge in [0.15, 0.2) is 0 Å². The summed E-state index contributed by atoms with van der Waals surface area (Å²) in [6.45, 7) is 0.458. The van der Waals surface area contributed by atoms with Crippen molar-refractivity contribution in [2.24, 2.45) is 0 Å². The predicted molar refractivity (Wildman–Crippen MR) is 107 cm³/mol. The molecule has 3 aromatic rings. The zero-order chi connectivity index (χ0) is 18.9. The Labute approximate surface area is 164 Å². The summed E-state index contributed by atoms with van der Waals surface area (Å²) in [6.07, 6.45) is 4.12. The number of aromatic nitrogens is 1. The van der Waals surface area contributed by atoms with E-state index in [1.165, 1.54) is 5.56 Å². The van der Waals surface area contributed by atoms with Gasteiger partial charge in [-0.25, -0.2) is 8.42 Å². The molecule has 0 N–H and O–H groups in total. The molecule has 1 aliphatic heterocycles. The summed E-state index contributed by atoms with van der Waals surface area (Å²) in [5.41, 5.74) is 3.88. The molecule has 0 saturated carbocycles. The van der Waals surface area contributed by atoms with Crippen LogP contribution in [-0.2, 0) is 22.2 Å². The van der Waals surface area contributed by atoms with E-state index < -0.39 is 10.0 Å². The molecule has 2 aromatic carbocycles. The SMILES string of the molecule is O=S(=O)(Cc1ccc(Cl)cc1)N1CCc2ccccc2C1c1ccncc1. The smallest absolute Gasteiger partial charge is 0.219 e. The number of halogens is 1. The maximum absolute atomic E-state index is 13.3. The molecule has 138 valence electrons. The molecule has 4 nitrogen and oxygen atoms in total. The maximum Gasteiger partial charge on any atom is 0.219 e. The van der Waals surface area contributed by atoms with Crippen molar-refractivity contribution in [3.63, 3.8) is 0 Å². The molecule has 0 radical (unpaired) electrons. The zero-order valence-corrected chi connectivity index (χ0v) is 16.2. The minimum absolute atomic E-state index is 0.0477. The van der Waals surface area contributed by atoms with E-state index in [2.05, 4.69) is 11.1 Å². The fraction of sp³-hybridized carbons (Fsp3) is 0.190. The molecular weight excluding hydrogens is 380 g/mol. The molecule has 1 aromatic heterocycles. The highest BCUT2D eigenvalue weighted by Crippen LogP contribution is 2.37. The van der Waals surface area contributed by atoms with Crippen LogP contribution in [0.5, 0.6) is 0 Å². The highest BCUT2D eigenvalue weighted by atomic mass is 35.5. The van der Waals surface area contributed by atoms with Crippen molar-refractivity contribution >= 4 is 21.6 Å². The van der Waals surface area contributed by atoms with Gasteiger partial charge < -0.3 is 0 Å². The standard InChI is InChI=1S/C21H19ClN2O2S/c22-19-7-5-16(6-8-19)15-27(25,26)24-14-11-17-3-1-2-4-20(17)21(24)18-9-12-23-13-10-18/h1-10,12-13,21H,11,14-15H2. The van der Waals surface area contributed by atoms with Crippen molar-refractivity contribution in [1.29, 1.82) is 0 Å².